The van der Waals surface area contributed by atoms with Crippen LogP contribution >= 0.6 is 11.3 Å². The fourth-order valence-electron chi connectivity index (χ4n) is 3.21. The van der Waals surface area contributed by atoms with Crippen LogP contribution in [0, 0.1) is 0 Å². The van der Waals surface area contributed by atoms with E-state index in [-0.39, 0.29) is 6.17 Å². The number of benzene rings is 3. The van der Waals surface area contributed by atoms with Crippen LogP contribution in [0.4, 0.5) is 0 Å². The van der Waals surface area contributed by atoms with Crippen LogP contribution in [-0.2, 0) is 0 Å². The van der Waals surface area contributed by atoms with Gasteiger partial charge in [-0.25, -0.2) is 0 Å². The van der Waals surface area contributed by atoms with Crippen molar-refractivity contribution in [3.63, 3.8) is 0 Å². The Morgan fingerprint density at radius 2 is 1.58 bits per heavy atom. The second-order valence-electron chi connectivity index (χ2n) is 5.86. The average Bonchev–Trinajstić information content (AvgIpc) is 3.27. The lowest BCUT2D eigenvalue weighted by Gasteiger charge is -2.12. The highest BCUT2D eigenvalue weighted by atomic mass is 32.1. The molecule has 2 heterocycles. The minimum absolute atomic E-state index is 0.0193. The molecule has 1 aliphatic rings. The van der Waals surface area contributed by atoms with Crippen molar-refractivity contribution in [1.29, 1.82) is 0 Å². The Hall–Kier alpha value is -2.85. The summed E-state index contributed by atoms with van der Waals surface area (Å²) in [6.45, 7) is 0. The van der Waals surface area contributed by atoms with Crippen molar-refractivity contribution in [1.82, 2.24) is 10.7 Å². The number of amidine groups is 1. The lowest BCUT2D eigenvalue weighted by atomic mass is 10.1. The van der Waals surface area contributed by atoms with E-state index in [0.29, 0.717) is 0 Å². The van der Waals surface area contributed by atoms with Gasteiger partial charge in [-0.1, -0.05) is 60.7 Å². The van der Waals surface area contributed by atoms with Gasteiger partial charge in [-0.3, -0.25) is 5.43 Å². The van der Waals surface area contributed by atoms with Crippen LogP contribution < -0.4 is 10.7 Å². The molecule has 5 rings (SSSR count). The molecule has 1 unspecified atom stereocenters. The number of thiophene rings is 1. The molecule has 24 heavy (non-hydrogen) atoms. The van der Waals surface area contributed by atoms with Crippen molar-refractivity contribution in [2.75, 3.05) is 0 Å². The molecule has 0 amide bonds. The topological polar surface area (TPSA) is 36.4 Å². The van der Waals surface area contributed by atoms with E-state index in [2.05, 4.69) is 70.4 Å². The molecule has 1 atom stereocenters. The molecular formula is C20H15N3S. The fourth-order valence-corrected chi connectivity index (χ4v) is 4.42. The first-order chi connectivity index (χ1) is 11.9. The lowest BCUT2D eigenvalue weighted by molar-refractivity contribution is 0.574. The molecule has 4 aromatic rings. The van der Waals surface area contributed by atoms with E-state index in [9.17, 15) is 0 Å². The van der Waals surface area contributed by atoms with Gasteiger partial charge in [0.05, 0.1) is 0 Å². The second kappa shape index (κ2) is 5.35. The predicted molar refractivity (Wildman–Crippen MR) is 101 cm³/mol. The third kappa shape index (κ3) is 2.07. The molecule has 0 spiro atoms. The summed E-state index contributed by atoms with van der Waals surface area (Å²) in [6, 6.07) is 25.3. The normalized spacial score (nSPS) is 16.8. The summed E-state index contributed by atoms with van der Waals surface area (Å²) in [7, 11) is 0. The van der Waals surface area contributed by atoms with Crippen LogP contribution in [0.2, 0.25) is 0 Å². The van der Waals surface area contributed by atoms with Crippen molar-refractivity contribution in [3.05, 3.63) is 83.9 Å². The number of fused-ring (bicyclic) bond motifs is 3. The minimum atomic E-state index is 0.0193. The maximum Gasteiger partial charge on any atom is 0.156 e. The highest BCUT2D eigenvalue weighted by Gasteiger charge is 2.21. The summed E-state index contributed by atoms with van der Waals surface area (Å²) >= 11 is 1.82. The summed E-state index contributed by atoms with van der Waals surface area (Å²) in [4.78, 5) is 0. The minimum Gasteiger partial charge on any atom is -0.343 e. The average molecular weight is 329 g/mol. The van der Waals surface area contributed by atoms with Gasteiger partial charge in [0.15, 0.2) is 5.84 Å². The molecule has 2 N–H and O–H groups in total. The Balaban J connectivity index is 1.58. The van der Waals surface area contributed by atoms with Gasteiger partial charge in [0.25, 0.3) is 0 Å². The molecule has 0 radical (unpaired) electrons. The van der Waals surface area contributed by atoms with Gasteiger partial charge in [-0.05, 0) is 17.7 Å². The van der Waals surface area contributed by atoms with Gasteiger partial charge in [0, 0.05) is 25.7 Å². The summed E-state index contributed by atoms with van der Waals surface area (Å²) < 4.78 is 2.59. The van der Waals surface area contributed by atoms with Gasteiger partial charge < -0.3 is 5.32 Å². The zero-order valence-corrected chi connectivity index (χ0v) is 13.7. The molecule has 3 aromatic carbocycles. The summed E-state index contributed by atoms with van der Waals surface area (Å²) in [6.07, 6.45) is 0.0193. The number of rotatable bonds is 2. The standard InChI is InChI=1S/C20H15N3S/c1-2-7-13(8-3-1)19-21-20(23-22-19)16-11-6-10-15-14-9-4-5-12-17(14)24-18(15)16/h1-12,19,22H,(H,21,23). The van der Waals surface area contributed by atoms with Crippen LogP contribution in [0.5, 0.6) is 0 Å². The third-order valence-electron chi connectivity index (χ3n) is 4.38. The Morgan fingerprint density at radius 1 is 0.792 bits per heavy atom. The molecule has 0 aliphatic carbocycles. The van der Waals surface area contributed by atoms with Crippen LogP contribution in [0.1, 0.15) is 17.3 Å². The van der Waals surface area contributed by atoms with Crippen molar-refractivity contribution in [2.24, 2.45) is 5.10 Å². The first-order valence-electron chi connectivity index (χ1n) is 7.95. The SMILES string of the molecule is c1ccc(C2NN=C(c3cccc4c3sc3ccccc34)N2)cc1. The molecule has 0 bridgehead atoms. The van der Waals surface area contributed by atoms with Crippen LogP contribution in [0.15, 0.2) is 77.9 Å². The van der Waals surface area contributed by atoms with Crippen molar-refractivity contribution in [2.45, 2.75) is 6.17 Å². The molecule has 0 saturated carbocycles. The van der Waals surface area contributed by atoms with Gasteiger partial charge in [-0.15, -0.1) is 11.3 Å². The number of hydrogen-bond acceptors (Lipinski definition) is 4. The van der Waals surface area contributed by atoms with Crippen LogP contribution in [0.3, 0.4) is 0 Å². The third-order valence-corrected chi connectivity index (χ3v) is 5.60. The Bertz CT molecular complexity index is 1070. The number of hydrazone groups is 1. The molecule has 116 valence electrons. The van der Waals surface area contributed by atoms with E-state index < -0.39 is 0 Å². The van der Waals surface area contributed by atoms with Gasteiger partial charge in [0.2, 0.25) is 0 Å². The zero-order valence-electron chi connectivity index (χ0n) is 12.9. The first kappa shape index (κ1) is 13.6. The number of hydrogen-bond donors (Lipinski definition) is 2. The maximum atomic E-state index is 4.55. The van der Waals surface area contributed by atoms with Crippen molar-refractivity contribution in [3.8, 4) is 0 Å². The van der Waals surface area contributed by atoms with E-state index in [4.69, 9.17) is 0 Å². The quantitative estimate of drug-likeness (QED) is 0.563. The Labute approximate surface area is 143 Å². The van der Waals surface area contributed by atoms with E-state index in [1.54, 1.807) is 0 Å². The smallest absolute Gasteiger partial charge is 0.156 e. The molecule has 1 aromatic heterocycles. The van der Waals surface area contributed by atoms with Crippen molar-refractivity contribution < 1.29 is 0 Å². The van der Waals surface area contributed by atoms with Crippen LogP contribution in [-0.4, -0.2) is 5.84 Å². The molecule has 3 nitrogen and oxygen atoms in total. The van der Waals surface area contributed by atoms with Crippen molar-refractivity contribution >= 4 is 37.3 Å². The number of nitrogens with one attached hydrogen (secondary N) is 2. The largest absolute Gasteiger partial charge is 0.343 e. The molecule has 1 aliphatic heterocycles. The summed E-state index contributed by atoms with van der Waals surface area (Å²) in [5, 5.41) is 10.7. The zero-order chi connectivity index (χ0) is 15.9. The highest BCUT2D eigenvalue weighted by Crippen LogP contribution is 2.36. The van der Waals surface area contributed by atoms with E-state index in [1.807, 2.05) is 29.5 Å². The van der Waals surface area contributed by atoms with Gasteiger partial charge >= 0.3 is 0 Å². The van der Waals surface area contributed by atoms with E-state index in [1.165, 1.54) is 25.7 Å². The summed E-state index contributed by atoms with van der Waals surface area (Å²) in [5.74, 6) is 0.904. The van der Waals surface area contributed by atoms with E-state index >= 15 is 0 Å². The number of nitrogens with zero attached hydrogens (tertiary/aromatic N) is 1. The Morgan fingerprint density at radius 3 is 2.50 bits per heavy atom. The fraction of sp³-hybridized carbons (Fsp3) is 0.0500. The van der Waals surface area contributed by atoms with Gasteiger partial charge in [0.1, 0.15) is 6.17 Å². The molecule has 0 fully saturated rings. The molecule has 0 saturated heterocycles. The van der Waals surface area contributed by atoms with Gasteiger partial charge in [-0.2, -0.15) is 5.10 Å². The molecular weight excluding hydrogens is 314 g/mol. The second-order valence-corrected chi connectivity index (χ2v) is 6.91. The monoisotopic (exact) mass is 329 g/mol. The van der Waals surface area contributed by atoms with E-state index in [0.717, 1.165) is 11.4 Å². The maximum absolute atomic E-state index is 4.55. The molecule has 4 heteroatoms. The first-order valence-corrected chi connectivity index (χ1v) is 8.77. The Kier molecular flexibility index (Phi) is 3.03. The highest BCUT2D eigenvalue weighted by molar-refractivity contribution is 7.26. The van der Waals surface area contributed by atoms with Crippen LogP contribution in [0.25, 0.3) is 20.2 Å². The summed E-state index contributed by atoms with van der Waals surface area (Å²) in [5.41, 5.74) is 5.53. The lowest BCUT2D eigenvalue weighted by Crippen LogP contribution is -2.27. The predicted octanol–water partition coefficient (Wildman–Crippen LogP) is 4.61.